The zero-order valence-electron chi connectivity index (χ0n) is 15.9. The Hall–Kier alpha value is -3.28. The van der Waals surface area contributed by atoms with E-state index in [1.165, 1.54) is 12.1 Å². The third-order valence-electron chi connectivity index (χ3n) is 4.77. The Kier molecular flexibility index (Phi) is 5.79. The fourth-order valence-corrected chi connectivity index (χ4v) is 3.24. The molecule has 0 amide bonds. The molecule has 1 atom stereocenters. The Morgan fingerprint density at radius 3 is 2.24 bits per heavy atom. The second kappa shape index (κ2) is 8.82. The molecule has 4 rings (SSSR count). The molecule has 0 aliphatic heterocycles. The van der Waals surface area contributed by atoms with Gasteiger partial charge in [-0.2, -0.15) is 5.10 Å². The maximum atomic E-state index is 13.4. The maximum Gasteiger partial charge on any atom is 0.123 e. The lowest BCUT2D eigenvalue weighted by atomic mass is 10.1. The van der Waals surface area contributed by atoms with Gasteiger partial charge in [-0.05, 0) is 42.0 Å². The van der Waals surface area contributed by atoms with Crippen LogP contribution in [0.5, 0.6) is 0 Å². The molecule has 2 N–H and O–H groups in total. The van der Waals surface area contributed by atoms with Gasteiger partial charge >= 0.3 is 0 Å². The average molecular weight is 387 g/mol. The number of halogens is 1. The number of nitrogens with zero attached hydrogens (tertiary/aromatic N) is 2. The van der Waals surface area contributed by atoms with Crippen LogP contribution in [0.25, 0.3) is 16.9 Å². The molecule has 146 valence electrons. The highest BCUT2D eigenvalue weighted by Crippen LogP contribution is 2.24. The molecule has 4 nitrogen and oxygen atoms in total. The molecule has 0 aliphatic rings. The van der Waals surface area contributed by atoms with Crippen LogP contribution in [0.4, 0.5) is 4.39 Å². The van der Waals surface area contributed by atoms with Crippen LogP contribution in [0.1, 0.15) is 17.2 Å². The third kappa shape index (κ3) is 4.59. The van der Waals surface area contributed by atoms with Crippen LogP contribution in [0.15, 0.2) is 91.1 Å². The summed E-state index contributed by atoms with van der Waals surface area (Å²) in [5.41, 5.74) is 4.43. The Balaban J connectivity index is 1.56. The van der Waals surface area contributed by atoms with Crippen molar-refractivity contribution in [2.45, 2.75) is 12.6 Å². The standard InChI is InChI=1S/C24H22FN3O/c25-21-13-11-19(12-14-21)24-20(17-28(27-24)22-9-5-2-6-10-22)15-26-16-23(29)18-7-3-1-4-8-18/h1-14,17,23,26,29H,15-16H2/t23-/m1/s1. The number of hydrogen-bond donors (Lipinski definition) is 2. The van der Waals surface area contributed by atoms with Crippen molar-refractivity contribution >= 4 is 0 Å². The van der Waals surface area contributed by atoms with Crippen molar-refractivity contribution in [3.63, 3.8) is 0 Å². The molecule has 0 aliphatic carbocycles. The minimum absolute atomic E-state index is 0.276. The number of aromatic nitrogens is 2. The van der Waals surface area contributed by atoms with Crippen LogP contribution < -0.4 is 5.32 Å². The van der Waals surface area contributed by atoms with Gasteiger partial charge in [0, 0.05) is 30.4 Å². The van der Waals surface area contributed by atoms with Gasteiger partial charge in [-0.3, -0.25) is 0 Å². The van der Waals surface area contributed by atoms with Crippen LogP contribution in [0.3, 0.4) is 0 Å². The van der Waals surface area contributed by atoms with E-state index in [2.05, 4.69) is 5.32 Å². The van der Waals surface area contributed by atoms with Gasteiger partial charge in [0.1, 0.15) is 5.82 Å². The summed E-state index contributed by atoms with van der Waals surface area (Å²) >= 11 is 0. The number of para-hydroxylation sites is 1. The fraction of sp³-hybridized carbons (Fsp3) is 0.125. The summed E-state index contributed by atoms with van der Waals surface area (Å²) in [6.45, 7) is 0.951. The lowest BCUT2D eigenvalue weighted by Crippen LogP contribution is -2.21. The van der Waals surface area contributed by atoms with Gasteiger partial charge in [0.15, 0.2) is 0 Å². The maximum absolute atomic E-state index is 13.4. The van der Waals surface area contributed by atoms with Crippen molar-refractivity contribution < 1.29 is 9.50 Å². The lowest BCUT2D eigenvalue weighted by molar-refractivity contribution is 0.174. The molecule has 0 spiro atoms. The van der Waals surface area contributed by atoms with Crippen molar-refractivity contribution in [2.75, 3.05) is 6.54 Å². The van der Waals surface area contributed by atoms with Crippen LogP contribution >= 0.6 is 0 Å². The minimum atomic E-state index is -0.588. The number of hydrogen-bond acceptors (Lipinski definition) is 3. The van der Waals surface area contributed by atoms with Gasteiger partial charge in [0.05, 0.1) is 17.5 Å². The Labute approximate surface area is 169 Å². The Morgan fingerprint density at radius 2 is 1.55 bits per heavy atom. The van der Waals surface area contributed by atoms with Crippen LogP contribution in [-0.2, 0) is 6.54 Å². The second-order valence-electron chi connectivity index (χ2n) is 6.85. The normalized spacial score (nSPS) is 12.1. The first-order valence-electron chi connectivity index (χ1n) is 9.54. The highest BCUT2D eigenvalue weighted by molar-refractivity contribution is 5.63. The molecule has 0 fully saturated rings. The fourth-order valence-electron chi connectivity index (χ4n) is 3.24. The van der Waals surface area contributed by atoms with Crippen LogP contribution in [-0.4, -0.2) is 21.4 Å². The number of benzene rings is 3. The summed E-state index contributed by atoms with van der Waals surface area (Å²) in [5.74, 6) is -0.276. The highest BCUT2D eigenvalue weighted by atomic mass is 19.1. The van der Waals surface area contributed by atoms with Crippen LogP contribution in [0, 0.1) is 5.82 Å². The first-order chi connectivity index (χ1) is 14.2. The SMILES string of the molecule is O[C@H](CNCc1cn(-c2ccccc2)nc1-c1ccc(F)cc1)c1ccccc1. The molecule has 29 heavy (non-hydrogen) atoms. The van der Waals surface area contributed by atoms with E-state index in [1.807, 2.05) is 71.5 Å². The third-order valence-corrected chi connectivity index (χ3v) is 4.77. The summed E-state index contributed by atoms with van der Waals surface area (Å²) in [6, 6.07) is 25.8. The van der Waals surface area contributed by atoms with E-state index in [0.717, 1.165) is 28.1 Å². The Morgan fingerprint density at radius 1 is 0.897 bits per heavy atom. The van der Waals surface area contributed by atoms with Crippen molar-refractivity contribution in [2.24, 2.45) is 0 Å². The van der Waals surface area contributed by atoms with E-state index in [4.69, 9.17) is 5.10 Å². The summed E-state index contributed by atoms with van der Waals surface area (Å²) in [6.07, 6.45) is 1.38. The lowest BCUT2D eigenvalue weighted by Gasteiger charge is -2.12. The topological polar surface area (TPSA) is 50.1 Å². The van der Waals surface area contributed by atoms with Gasteiger partial charge < -0.3 is 10.4 Å². The molecule has 3 aromatic carbocycles. The average Bonchev–Trinajstić information content (AvgIpc) is 3.19. The molecule has 0 saturated carbocycles. The predicted molar refractivity (Wildman–Crippen MR) is 112 cm³/mol. The van der Waals surface area contributed by atoms with Gasteiger partial charge in [-0.25, -0.2) is 9.07 Å². The largest absolute Gasteiger partial charge is 0.387 e. The number of aliphatic hydroxyl groups is 1. The van der Waals surface area contributed by atoms with Crippen molar-refractivity contribution in [1.82, 2.24) is 15.1 Å². The highest BCUT2D eigenvalue weighted by Gasteiger charge is 2.13. The van der Waals surface area contributed by atoms with Gasteiger partial charge in [0.25, 0.3) is 0 Å². The van der Waals surface area contributed by atoms with E-state index in [-0.39, 0.29) is 5.82 Å². The summed E-state index contributed by atoms with van der Waals surface area (Å²) in [4.78, 5) is 0. The summed E-state index contributed by atoms with van der Waals surface area (Å²) in [5, 5.41) is 18.4. The van der Waals surface area contributed by atoms with E-state index in [0.29, 0.717) is 13.1 Å². The zero-order chi connectivity index (χ0) is 20.1. The Bertz CT molecular complexity index is 1050. The molecule has 4 aromatic rings. The van der Waals surface area contributed by atoms with E-state index in [9.17, 15) is 9.50 Å². The quantitative estimate of drug-likeness (QED) is 0.491. The van der Waals surface area contributed by atoms with E-state index >= 15 is 0 Å². The second-order valence-corrected chi connectivity index (χ2v) is 6.85. The smallest absolute Gasteiger partial charge is 0.123 e. The number of nitrogens with one attached hydrogen (secondary N) is 1. The van der Waals surface area contributed by atoms with Crippen molar-refractivity contribution in [3.05, 3.63) is 108 Å². The molecule has 0 bridgehead atoms. The summed E-state index contributed by atoms with van der Waals surface area (Å²) < 4.78 is 15.2. The number of aliphatic hydroxyl groups excluding tert-OH is 1. The molecule has 0 unspecified atom stereocenters. The van der Waals surface area contributed by atoms with Crippen LogP contribution in [0.2, 0.25) is 0 Å². The van der Waals surface area contributed by atoms with E-state index in [1.54, 1.807) is 12.1 Å². The number of rotatable bonds is 7. The molecule has 1 heterocycles. The van der Waals surface area contributed by atoms with Gasteiger partial charge in [-0.1, -0.05) is 48.5 Å². The first kappa shape index (κ1) is 19.1. The molecular formula is C24H22FN3O. The van der Waals surface area contributed by atoms with Crippen molar-refractivity contribution in [1.29, 1.82) is 0 Å². The predicted octanol–water partition coefficient (Wildman–Crippen LogP) is 4.50. The zero-order valence-corrected chi connectivity index (χ0v) is 15.9. The summed E-state index contributed by atoms with van der Waals surface area (Å²) in [7, 11) is 0. The molecular weight excluding hydrogens is 365 g/mol. The molecule has 0 radical (unpaired) electrons. The molecule has 5 heteroatoms. The first-order valence-corrected chi connectivity index (χ1v) is 9.54. The van der Waals surface area contributed by atoms with Gasteiger partial charge in [0.2, 0.25) is 0 Å². The van der Waals surface area contributed by atoms with E-state index < -0.39 is 6.10 Å². The van der Waals surface area contributed by atoms with Crippen molar-refractivity contribution in [3.8, 4) is 16.9 Å². The molecule has 1 aromatic heterocycles. The minimum Gasteiger partial charge on any atom is -0.387 e. The monoisotopic (exact) mass is 387 g/mol. The molecule has 0 saturated heterocycles. The van der Waals surface area contributed by atoms with Gasteiger partial charge in [-0.15, -0.1) is 0 Å².